The topological polar surface area (TPSA) is 71.2 Å². The number of carbonyl (C=O) groups is 1. The summed E-state index contributed by atoms with van der Waals surface area (Å²) in [5, 5.41) is 3.28. The highest BCUT2D eigenvalue weighted by atomic mass is 35.5. The fourth-order valence-corrected chi connectivity index (χ4v) is 1.97. The number of hydrogen-bond donors (Lipinski definition) is 2. The third-order valence-corrected chi connectivity index (χ3v) is 3.25. The third-order valence-electron chi connectivity index (χ3n) is 2.88. The molecule has 2 aromatic rings. The van der Waals surface area contributed by atoms with Gasteiger partial charge in [0.15, 0.2) is 12.4 Å². The van der Waals surface area contributed by atoms with Crippen molar-refractivity contribution in [3.05, 3.63) is 63.0 Å². The van der Waals surface area contributed by atoms with E-state index in [-0.39, 0.29) is 23.7 Å². The molecule has 5 nitrogen and oxygen atoms in total. The van der Waals surface area contributed by atoms with E-state index in [1.807, 2.05) is 18.2 Å². The van der Waals surface area contributed by atoms with Crippen molar-refractivity contribution in [2.45, 2.75) is 13.5 Å². The van der Waals surface area contributed by atoms with E-state index in [0.717, 1.165) is 5.56 Å². The van der Waals surface area contributed by atoms with Gasteiger partial charge >= 0.3 is 0 Å². The van der Waals surface area contributed by atoms with Crippen LogP contribution in [0.2, 0.25) is 5.02 Å². The van der Waals surface area contributed by atoms with Crippen molar-refractivity contribution in [2.24, 2.45) is 0 Å². The van der Waals surface area contributed by atoms with Gasteiger partial charge in [-0.2, -0.15) is 0 Å². The molecule has 1 amide bonds. The lowest BCUT2D eigenvalue weighted by Gasteiger charge is -2.09. The molecular formula is C15H15ClN2O3. The predicted octanol–water partition coefficient (Wildman–Crippen LogP) is 2.03. The van der Waals surface area contributed by atoms with Crippen molar-refractivity contribution in [3.8, 4) is 5.75 Å². The number of nitrogens with one attached hydrogen (secondary N) is 2. The third kappa shape index (κ3) is 4.10. The molecule has 0 aliphatic rings. The normalized spacial score (nSPS) is 10.2. The number of aryl methyl sites for hydroxylation is 1. The Balaban J connectivity index is 1.88. The van der Waals surface area contributed by atoms with Gasteiger partial charge < -0.3 is 15.0 Å². The summed E-state index contributed by atoms with van der Waals surface area (Å²) in [4.78, 5) is 26.2. The van der Waals surface area contributed by atoms with Crippen LogP contribution < -0.4 is 15.5 Å². The molecule has 1 aromatic heterocycles. The first-order valence-electron chi connectivity index (χ1n) is 6.39. The molecule has 6 heteroatoms. The Morgan fingerprint density at radius 2 is 2.10 bits per heavy atom. The Hall–Kier alpha value is -2.27. The quantitative estimate of drug-likeness (QED) is 0.888. The molecule has 0 fully saturated rings. The number of hydrogen-bond acceptors (Lipinski definition) is 3. The number of aromatic amines is 1. The lowest BCUT2D eigenvalue weighted by molar-refractivity contribution is -0.123. The Labute approximate surface area is 126 Å². The second-order valence-electron chi connectivity index (χ2n) is 4.45. The summed E-state index contributed by atoms with van der Waals surface area (Å²) in [5.41, 5.74) is 1.15. The van der Waals surface area contributed by atoms with Crippen LogP contribution in [0.3, 0.4) is 0 Å². The summed E-state index contributed by atoms with van der Waals surface area (Å²) in [7, 11) is 0. The maximum absolute atomic E-state index is 11.7. The van der Waals surface area contributed by atoms with Gasteiger partial charge in [-0.25, -0.2) is 0 Å². The summed E-state index contributed by atoms with van der Waals surface area (Å²) < 4.78 is 5.26. The van der Waals surface area contributed by atoms with Gasteiger partial charge in [-0.05, 0) is 18.6 Å². The average Bonchev–Trinajstić information content (AvgIpc) is 2.46. The van der Waals surface area contributed by atoms with E-state index in [9.17, 15) is 9.59 Å². The molecular weight excluding hydrogens is 292 g/mol. The van der Waals surface area contributed by atoms with Gasteiger partial charge in [0, 0.05) is 23.8 Å². The standard InChI is InChI=1S/C15H15ClN2O3/c1-10-15(13(19)6-7-17-10)21-9-14(20)18-8-11-4-2-3-5-12(11)16/h2-7H,8-9H2,1H3,(H,17,19)(H,18,20). The van der Waals surface area contributed by atoms with E-state index in [4.69, 9.17) is 16.3 Å². The molecule has 2 N–H and O–H groups in total. The molecule has 1 aromatic carbocycles. The fraction of sp³-hybridized carbons (Fsp3) is 0.200. The summed E-state index contributed by atoms with van der Waals surface area (Å²) >= 11 is 5.99. The molecule has 1 heterocycles. The highest BCUT2D eigenvalue weighted by molar-refractivity contribution is 6.31. The van der Waals surface area contributed by atoms with Crippen LogP contribution in [0.4, 0.5) is 0 Å². The zero-order valence-corrected chi connectivity index (χ0v) is 12.2. The monoisotopic (exact) mass is 306 g/mol. The van der Waals surface area contributed by atoms with E-state index in [1.54, 1.807) is 13.0 Å². The van der Waals surface area contributed by atoms with E-state index >= 15 is 0 Å². The van der Waals surface area contributed by atoms with Crippen LogP contribution in [0.1, 0.15) is 11.3 Å². The van der Waals surface area contributed by atoms with Crippen LogP contribution in [0.25, 0.3) is 0 Å². The molecule has 0 spiro atoms. The molecule has 0 atom stereocenters. The van der Waals surface area contributed by atoms with Crippen LogP contribution in [-0.4, -0.2) is 17.5 Å². The minimum Gasteiger partial charge on any atom is -0.478 e. The zero-order valence-electron chi connectivity index (χ0n) is 11.5. The fourth-order valence-electron chi connectivity index (χ4n) is 1.77. The van der Waals surface area contributed by atoms with Crippen LogP contribution in [0.15, 0.2) is 41.3 Å². The molecule has 0 aliphatic heterocycles. The molecule has 110 valence electrons. The summed E-state index contributed by atoms with van der Waals surface area (Å²) in [6, 6.07) is 8.60. The molecule has 0 bridgehead atoms. The molecule has 0 radical (unpaired) electrons. The molecule has 0 saturated heterocycles. The molecule has 0 saturated carbocycles. The Bertz CT molecular complexity index is 697. The summed E-state index contributed by atoms with van der Waals surface area (Å²) in [6.07, 6.45) is 1.53. The lowest BCUT2D eigenvalue weighted by atomic mass is 10.2. The molecule has 0 unspecified atom stereocenters. The first-order valence-corrected chi connectivity index (χ1v) is 6.77. The average molecular weight is 307 g/mol. The summed E-state index contributed by atoms with van der Waals surface area (Å²) in [6.45, 7) is 1.79. The maximum atomic E-state index is 11.7. The lowest BCUT2D eigenvalue weighted by Crippen LogP contribution is -2.29. The van der Waals surface area contributed by atoms with Crippen LogP contribution in [0, 0.1) is 6.92 Å². The highest BCUT2D eigenvalue weighted by Crippen LogP contribution is 2.14. The number of benzene rings is 1. The van der Waals surface area contributed by atoms with Gasteiger partial charge in [0.1, 0.15) is 0 Å². The Morgan fingerprint density at radius 1 is 1.33 bits per heavy atom. The number of H-pyrrole nitrogens is 1. The Morgan fingerprint density at radius 3 is 2.81 bits per heavy atom. The van der Waals surface area contributed by atoms with Crippen LogP contribution >= 0.6 is 11.6 Å². The number of ether oxygens (including phenoxy) is 1. The van der Waals surface area contributed by atoms with Gasteiger partial charge in [-0.15, -0.1) is 0 Å². The SMILES string of the molecule is Cc1[nH]ccc(=O)c1OCC(=O)NCc1ccccc1Cl. The van der Waals surface area contributed by atoms with Crippen LogP contribution in [-0.2, 0) is 11.3 Å². The number of aromatic nitrogens is 1. The maximum Gasteiger partial charge on any atom is 0.258 e. The number of halogens is 1. The van der Waals surface area contributed by atoms with Crippen molar-refractivity contribution >= 4 is 17.5 Å². The zero-order chi connectivity index (χ0) is 15.2. The highest BCUT2D eigenvalue weighted by Gasteiger charge is 2.08. The number of rotatable bonds is 5. The first kappa shape index (κ1) is 15.1. The van der Waals surface area contributed by atoms with Crippen LogP contribution in [0.5, 0.6) is 5.75 Å². The minimum atomic E-state index is -0.322. The van der Waals surface area contributed by atoms with E-state index in [1.165, 1.54) is 12.3 Å². The molecule has 0 aliphatic carbocycles. The van der Waals surface area contributed by atoms with Crippen molar-refractivity contribution in [2.75, 3.05) is 6.61 Å². The minimum absolute atomic E-state index is 0.158. The van der Waals surface area contributed by atoms with E-state index in [0.29, 0.717) is 17.3 Å². The first-order chi connectivity index (χ1) is 10.1. The smallest absolute Gasteiger partial charge is 0.258 e. The van der Waals surface area contributed by atoms with Gasteiger partial charge in [-0.3, -0.25) is 9.59 Å². The second kappa shape index (κ2) is 6.95. The van der Waals surface area contributed by atoms with Crippen molar-refractivity contribution in [1.29, 1.82) is 0 Å². The number of pyridine rings is 1. The number of amides is 1. The Kier molecular flexibility index (Phi) is 5.00. The van der Waals surface area contributed by atoms with E-state index in [2.05, 4.69) is 10.3 Å². The van der Waals surface area contributed by atoms with Crippen molar-refractivity contribution in [3.63, 3.8) is 0 Å². The van der Waals surface area contributed by atoms with Gasteiger partial charge in [0.25, 0.3) is 5.91 Å². The van der Waals surface area contributed by atoms with Gasteiger partial charge in [0.05, 0.1) is 5.69 Å². The largest absolute Gasteiger partial charge is 0.478 e. The molecule has 2 rings (SSSR count). The van der Waals surface area contributed by atoms with Gasteiger partial charge in [-0.1, -0.05) is 29.8 Å². The summed E-state index contributed by atoms with van der Waals surface area (Å²) in [5.74, 6) is -0.164. The number of carbonyl (C=O) groups excluding carboxylic acids is 1. The van der Waals surface area contributed by atoms with E-state index < -0.39 is 0 Å². The molecule has 21 heavy (non-hydrogen) atoms. The predicted molar refractivity (Wildman–Crippen MR) is 80.6 cm³/mol. The van der Waals surface area contributed by atoms with Crippen molar-refractivity contribution < 1.29 is 9.53 Å². The van der Waals surface area contributed by atoms with Crippen molar-refractivity contribution in [1.82, 2.24) is 10.3 Å². The van der Waals surface area contributed by atoms with Gasteiger partial charge in [0.2, 0.25) is 5.43 Å². The second-order valence-corrected chi connectivity index (χ2v) is 4.86.